The molecule has 0 atom stereocenters. The summed E-state index contributed by atoms with van der Waals surface area (Å²) in [6.07, 6.45) is 0. The van der Waals surface area contributed by atoms with Crippen LogP contribution in [0.25, 0.3) is 22.0 Å². The van der Waals surface area contributed by atoms with Crippen molar-refractivity contribution in [2.24, 2.45) is 5.73 Å². The van der Waals surface area contributed by atoms with Gasteiger partial charge in [-0.25, -0.2) is 0 Å². The maximum atomic E-state index is 5.72. The van der Waals surface area contributed by atoms with Gasteiger partial charge in [-0.2, -0.15) is 0 Å². The van der Waals surface area contributed by atoms with Crippen LogP contribution < -0.4 is 5.73 Å². The van der Waals surface area contributed by atoms with Crippen molar-refractivity contribution in [2.75, 3.05) is 0 Å². The minimum atomic E-state index is 0.565. The van der Waals surface area contributed by atoms with Crippen LogP contribution in [0.4, 0.5) is 0 Å². The summed E-state index contributed by atoms with van der Waals surface area (Å²) in [7, 11) is 0. The number of nitrogens with two attached hydrogens (primary N) is 1. The predicted octanol–water partition coefficient (Wildman–Crippen LogP) is 3.67. The van der Waals surface area contributed by atoms with Gasteiger partial charge in [0, 0.05) is 17.6 Å². The second-order valence-corrected chi connectivity index (χ2v) is 4.73. The molecule has 0 fully saturated rings. The van der Waals surface area contributed by atoms with Crippen LogP contribution in [0.3, 0.4) is 0 Å². The quantitative estimate of drug-likeness (QED) is 0.751. The highest BCUT2D eigenvalue weighted by molar-refractivity contribution is 5.94. The molecule has 0 spiro atoms. The summed E-state index contributed by atoms with van der Waals surface area (Å²) in [5, 5.41) is 1.18. The van der Waals surface area contributed by atoms with Gasteiger partial charge in [-0.3, -0.25) is 4.98 Å². The number of pyridine rings is 1. The molecule has 3 rings (SSSR count). The Morgan fingerprint density at radius 2 is 1.84 bits per heavy atom. The number of hydrogen-bond acceptors (Lipinski definition) is 2. The molecule has 2 N–H and O–H groups in total. The first kappa shape index (κ1) is 11.9. The summed E-state index contributed by atoms with van der Waals surface area (Å²) < 4.78 is 0. The van der Waals surface area contributed by atoms with Crippen LogP contribution in [-0.2, 0) is 6.54 Å². The smallest absolute Gasteiger partial charge is 0.0711 e. The summed E-state index contributed by atoms with van der Waals surface area (Å²) in [5.41, 5.74) is 11.3. The van der Waals surface area contributed by atoms with Crippen LogP contribution in [0.15, 0.2) is 54.6 Å². The second-order valence-electron chi connectivity index (χ2n) is 4.73. The fourth-order valence-electron chi connectivity index (χ4n) is 2.37. The van der Waals surface area contributed by atoms with Crippen molar-refractivity contribution in [3.05, 3.63) is 65.9 Å². The van der Waals surface area contributed by atoms with Crippen molar-refractivity contribution < 1.29 is 0 Å². The number of nitrogens with zero attached hydrogens (tertiary/aromatic N) is 1. The first-order valence-corrected chi connectivity index (χ1v) is 6.44. The molecule has 1 heterocycles. The lowest BCUT2D eigenvalue weighted by Crippen LogP contribution is -1.96. The van der Waals surface area contributed by atoms with Crippen molar-refractivity contribution in [1.82, 2.24) is 4.98 Å². The molecule has 2 heteroatoms. The van der Waals surface area contributed by atoms with E-state index >= 15 is 0 Å². The lowest BCUT2D eigenvalue weighted by molar-refractivity contribution is 1.07. The van der Waals surface area contributed by atoms with E-state index < -0.39 is 0 Å². The summed E-state index contributed by atoms with van der Waals surface area (Å²) in [6.45, 7) is 2.58. The van der Waals surface area contributed by atoms with Gasteiger partial charge < -0.3 is 5.73 Å². The molecule has 3 aromatic rings. The summed E-state index contributed by atoms with van der Waals surface area (Å²) >= 11 is 0. The zero-order chi connectivity index (χ0) is 13.2. The van der Waals surface area contributed by atoms with Gasteiger partial charge in [-0.1, -0.05) is 36.4 Å². The number of benzene rings is 2. The third-order valence-corrected chi connectivity index (χ3v) is 3.34. The first-order chi connectivity index (χ1) is 9.28. The number of fused-ring (bicyclic) bond motifs is 1. The molecule has 0 aliphatic heterocycles. The predicted molar refractivity (Wildman–Crippen MR) is 79.8 cm³/mol. The molecule has 2 aromatic carbocycles. The van der Waals surface area contributed by atoms with E-state index in [4.69, 9.17) is 5.73 Å². The molecular formula is C17H16N2. The van der Waals surface area contributed by atoms with E-state index in [2.05, 4.69) is 59.6 Å². The molecule has 0 radical (unpaired) electrons. The first-order valence-electron chi connectivity index (χ1n) is 6.44. The zero-order valence-corrected chi connectivity index (χ0v) is 10.9. The number of aromatic nitrogens is 1. The molecule has 0 unspecified atom stereocenters. The van der Waals surface area contributed by atoms with Crippen LogP contribution in [0.2, 0.25) is 0 Å². The highest BCUT2D eigenvalue weighted by Crippen LogP contribution is 2.28. The largest absolute Gasteiger partial charge is 0.326 e. The highest BCUT2D eigenvalue weighted by atomic mass is 14.7. The minimum Gasteiger partial charge on any atom is -0.326 e. The van der Waals surface area contributed by atoms with Gasteiger partial charge in [-0.15, -0.1) is 0 Å². The van der Waals surface area contributed by atoms with Gasteiger partial charge in [0.15, 0.2) is 0 Å². The number of hydrogen-bond donors (Lipinski definition) is 1. The standard InChI is InChI=1S/C17H16N2/c1-12-8-9-16-15(6-3-7-17(16)19-12)14-5-2-4-13(10-14)11-18/h2-10H,11,18H2,1H3. The van der Waals surface area contributed by atoms with Gasteiger partial charge in [0.25, 0.3) is 0 Å². The van der Waals surface area contributed by atoms with E-state index in [-0.39, 0.29) is 0 Å². The normalized spacial score (nSPS) is 10.8. The van der Waals surface area contributed by atoms with E-state index in [1.54, 1.807) is 0 Å². The molecule has 0 saturated carbocycles. The Morgan fingerprint density at radius 3 is 2.68 bits per heavy atom. The van der Waals surface area contributed by atoms with Crippen molar-refractivity contribution in [2.45, 2.75) is 13.5 Å². The Labute approximate surface area is 112 Å². The van der Waals surface area contributed by atoms with E-state index in [0.717, 1.165) is 16.8 Å². The van der Waals surface area contributed by atoms with Crippen LogP contribution in [0.5, 0.6) is 0 Å². The minimum absolute atomic E-state index is 0.565. The Kier molecular flexibility index (Phi) is 3.02. The fraction of sp³-hybridized carbons (Fsp3) is 0.118. The third kappa shape index (κ3) is 2.23. The lowest BCUT2D eigenvalue weighted by atomic mass is 9.99. The van der Waals surface area contributed by atoms with Gasteiger partial charge >= 0.3 is 0 Å². The van der Waals surface area contributed by atoms with E-state index in [0.29, 0.717) is 6.54 Å². The fourth-order valence-corrected chi connectivity index (χ4v) is 2.37. The van der Waals surface area contributed by atoms with Crippen LogP contribution in [0, 0.1) is 6.92 Å². The molecular weight excluding hydrogens is 232 g/mol. The van der Waals surface area contributed by atoms with Crippen molar-refractivity contribution in [1.29, 1.82) is 0 Å². The summed E-state index contributed by atoms with van der Waals surface area (Å²) in [5.74, 6) is 0. The van der Waals surface area contributed by atoms with Gasteiger partial charge in [0.05, 0.1) is 5.52 Å². The second kappa shape index (κ2) is 4.82. The monoisotopic (exact) mass is 248 g/mol. The Morgan fingerprint density at radius 1 is 1.00 bits per heavy atom. The summed E-state index contributed by atoms with van der Waals surface area (Å²) in [4.78, 5) is 4.58. The maximum absolute atomic E-state index is 5.72. The number of aryl methyl sites for hydroxylation is 1. The highest BCUT2D eigenvalue weighted by Gasteiger charge is 2.05. The topological polar surface area (TPSA) is 38.9 Å². The van der Waals surface area contributed by atoms with Gasteiger partial charge in [0.2, 0.25) is 0 Å². The third-order valence-electron chi connectivity index (χ3n) is 3.34. The Bertz CT molecular complexity index is 732. The van der Waals surface area contributed by atoms with Crippen LogP contribution in [-0.4, -0.2) is 4.98 Å². The molecule has 0 aliphatic carbocycles. The average molecular weight is 248 g/mol. The summed E-state index contributed by atoms with van der Waals surface area (Å²) in [6, 6.07) is 18.8. The Hall–Kier alpha value is -2.19. The van der Waals surface area contributed by atoms with Crippen molar-refractivity contribution >= 4 is 10.9 Å². The average Bonchev–Trinajstić information content (AvgIpc) is 2.46. The molecule has 1 aromatic heterocycles. The molecule has 2 nitrogen and oxygen atoms in total. The van der Waals surface area contributed by atoms with Gasteiger partial charge in [0.1, 0.15) is 0 Å². The molecule has 0 aliphatic rings. The molecule has 94 valence electrons. The molecule has 0 saturated heterocycles. The molecule has 0 bridgehead atoms. The van der Waals surface area contributed by atoms with E-state index in [1.165, 1.54) is 16.5 Å². The van der Waals surface area contributed by atoms with Crippen molar-refractivity contribution in [3.8, 4) is 11.1 Å². The Balaban J connectivity index is 2.24. The van der Waals surface area contributed by atoms with Crippen LogP contribution >= 0.6 is 0 Å². The van der Waals surface area contributed by atoms with Crippen molar-refractivity contribution in [3.63, 3.8) is 0 Å². The molecule has 19 heavy (non-hydrogen) atoms. The van der Waals surface area contributed by atoms with Crippen LogP contribution in [0.1, 0.15) is 11.3 Å². The van der Waals surface area contributed by atoms with E-state index in [1.807, 2.05) is 6.92 Å². The van der Waals surface area contributed by atoms with Gasteiger partial charge in [-0.05, 0) is 41.8 Å². The lowest BCUT2D eigenvalue weighted by Gasteiger charge is -2.08. The zero-order valence-electron chi connectivity index (χ0n) is 10.9. The molecule has 0 amide bonds. The maximum Gasteiger partial charge on any atom is 0.0711 e. The SMILES string of the molecule is Cc1ccc2c(-c3cccc(CN)c3)cccc2n1. The number of rotatable bonds is 2. The van der Waals surface area contributed by atoms with E-state index in [9.17, 15) is 0 Å².